The van der Waals surface area contributed by atoms with Gasteiger partial charge in [0.1, 0.15) is 0 Å². The topological polar surface area (TPSA) is 3.24 Å². The Morgan fingerprint density at radius 1 is 0.242 bits per heavy atom. The van der Waals surface area contributed by atoms with Gasteiger partial charge in [-0.2, -0.15) is 0 Å². The van der Waals surface area contributed by atoms with Crippen LogP contribution in [0.3, 0.4) is 0 Å². The molecule has 0 spiro atoms. The number of hydrogen-bond donors (Lipinski definition) is 0. The molecule has 0 fully saturated rings. The van der Waals surface area contributed by atoms with Crippen LogP contribution in [-0.2, 0) is 0 Å². The highest BCUT2D eigenvalue weighted by Crippen LogP contribution is 2.43. The highest BCUT2D eigenvalue weighted by Gasteiger charge is 2.18. The summed E-state index contributed by atoms with van der Waals surface area (Å²) in [6.07, 6.45) is 0. The van der Waals surface area contributed by atoms with E-state index in [4.69, 9.17) is 0 Å². The number of para-hydroxylation sites is 1. The van der Waals surface area contributed by atoms with Crippen molar-refractivity contribution in [3.8, 4) is 66.8 Å². The fraction of sp³-hybridized carbons (Fsp3) is 0. The number of benzene rings is 11. The average Bonchev–Trinajstić information content (AvgIpc) is 3.78. The molecule has 1 heterocycles. The van der Waals surface area contributed by atoms with Crippen LogP contribution in [0.15, 0.2) is 261 Å². The zero-order valence-corrected chi connectivity index (χ0v) is 37.0. The zero-order valence-electron chi connectivity index (χ0n) is 36.2. The van der Waals surface area contributed by atoms with E-state index in [2.05, 4.69) is 266 Å². The molecule has 12 rings (SSSR count). The van der Waals surface area contributed by atoms with Crippen molar-refractivity contribution in [2.24, 2.45) is 0 Å². The van der Waals surface area contributed by atoms with Crippen molar-refractivity contribution in [2.75, 3.05) is 4.90 Å². The van der Waals surface area contributed by atoms with Crippen molar-refractivity contribution in [1.82, 2.24) is 0 Å². The first-order valence-electron chi connectivity index (χ1n) is 22.6. The molecule has 12 aromatic rings. The molecule has 2 heteroatoms. The quantitative estimate of drug-likeness (QED) is 0.140. The van der Waals surface area contributed by atoms with Crippen LogP contribution in [0.1, 0.15) is 0 Å². The predicted molar refractivity (Wildman–Crippen MR) is 284 cm³/mol. The summed E-state index contributed by atoms with van der Waals surface area (Å²) in [6.45, 7) is 0. The van der Waals surface area contributed by atoms with E-state index in [1.54, 1.807) is 0 Å². The second-order valence-electron chi connectivity index (χ2n) is 16.9. The number of thiophene rings is 1. The molecule has 0 atom stereocenters. The third kappa shape index (κ3) is 7.54. The van der Waals surface area contributed by atoms with Crippen LogP contribution in [0.2, 0.25) is 0 Å². The third-order valence-corrected chi connectivity index (χ3v) is 14.0. The molecule has 0 aliphatic rings. The van der Waals surface area contributed by atoms with E-state index in [0.717, 1.165) is 17.1 Å². The van der Waals surface area contributed by atoms with Gasteiger partial charge in [-0.3, -0.25) is 0 Å². The highest BCUT2D eigenvalue weighted by atomic mass is 32.1. The molecule has 0 unspecified atom stereocenters. The lowest BCUT2D eigenvalue weighted by Gasteiger charge is -2.28. The molecule has 0 aliphatic carbocycles. The number of nitrogens with zero attached hydrogens (tertiary/aromatic N) is 1. The molecule has 11 aromatic carbocycles. The van der Waals surface area contributed by atoms with E-state index in [0.29, 0.717) is 0 Å². The second-order valence-corrected chi connectivity index (χ2v) is 18.0. The van der Waals surface area contributed by atoms with Gasteiger partial charge >= 0.3 is 0 Å². The Morgan fingerprint density at radius 3 is 1.38 bits per heavy atom. The minimum absolute atomic E-state index is 1.09. The number of rotatable bonds is 9. The first-order chi connectivity index (χ1) is 32.7. The lowest BCUT2D eigenvalue weighted by molar-refractivity contribution is 1.28. The Morgan fingerprint density at radius 2 is 0.682 bits per heavy atom. The number of anilines is 3. The molecule has 0 aliphatic heterocycles. The first-order valence-corrected chi connectivity index (χ1v) is 23.4. The zero-order chi connectivity index (χ0) is 43.8. The molecule has 310 valence electrons. The molecule has 0 saturated carbocycles. The molecular weight excluding hydrogens is 815 g/mol. The summed E-state index contributed by atoms with van der Waals surface area (Å²) < 4.78 is 2.64. The third-order valence-electron chi connectivity index (χ3n) is 12.9. The SMILES string of the molecule is c1ccc(-c2ccc(-c3ccccc3N(c3ccc(-c4ccc(-c5cccc(-c6ccc7ccccc7c6)c5)cc4)cc3)c3ccc(-c4ccc5c(c4)sc4ccccc45)cc3)cc2)cc1. The molecule has 0 saturated heterocycles. The summed E-state index contributed by atoms with van der Waals surface area (Å²) in [5.41, 5.74) is 17.7. The van der Waals surface area contributed by atoms with Crippen molar-refractivity contribution in [3.05, 3.63) is 261 Å². The van der Waals surface area contributed by atoms with Crippen molar-refractivity contribution in [3.63, 3.8) is 0 Å². The molecule has 66 heavy (non-hydrogen) atoms. The van der Waals surface area contributed by atoms with E-state index in [1.165, 1.54) is 97.7 Å². The standard InChI is InChI=1S/C64H43NS/c1-2-11-44(12-3-1)46-25-28-51(29-26-46)59-17-6-8-19-62(59)65(58-38-33-50(34-39-58)56-35-40-61-60-18-7-9-20-63(60)66-64(61)43-56)57-36-31-48(32-37-57)47-21-23-49(24-22-47)53-15-10-16-54(41-53)55-30-27-45-13-4-5-14-52(45)42-55/h1-43H. The van der Waals surface area contributed by atoms with Gasteiger partial charge in [-0.15, -0.1) is 11.3 Å². The maximum Gasteiger partial charge on any atom is 0.0540 e. The van der Waals surface area contributed by atoms with Crippen LogP contribution >= 0.6 is 11.3 Å². The van der Waals surface area contributed by atoms with Crippen molar-refractivity contribution in [1.29, 1.82) is 0 Å². The first kappa shape index (κ1) is 39.3. The summed E-state index contributed by atoms with van der Waals surface area (Å²) in [7, 11) is 0. The van der Waals surface area contributed by atoms with Crippen molar-refractivity contribution >= 4 is 59.3 Å². The molecule has 1 nitrogen and oxygen atoms in total. The van der Waals surface area contributed by atoms with Crippen LogP contribution < -0.4 is 4.90 Å². The van der Waals surface area contributed by atoms with E-state index in [1.807, 2.05) is 11.3 Å². The minimum atomic E-state index is 1.09. The molecule has 0 amide bonds. The van der Waals surface area contributed by atoms with Gasteiger partial charge in [0.25, 0.3) is 0 Å². The van der Waals surface area contributed by atoms with Gasteiger partial charge in [0.05, 0.1) is 5.69 Å². The van der Waals surface area contributed by atoms with E-state index < -0.39 is 0 Å². The molecular formula is C64H43NS. The maximum absolute atomic E-state index is 2.40. The van der Waals surface area contributed by atoms with E-state index in [-0.39, 0.29) is 0 Å². The van der Waals surface area contributed by atoms with Gasteiger partial charge in [-0.05, 0) is 127 Å². The Bertz CT molecular complexity index is 3660. The van der Waals surface area contributed by atoms with E-state index >= 15 is 0 Å². The fourth-order valence-electron chi connectivity index (χ4n) is 9.43. The molecule has 0 radical (unpaired) electrons. The smallest absolute Gasteiger partial charge is 0.0540 e. The monoisotopic (exact) mass is 857 g/mol. The Labute approximate surface area is 389 Å². The maximum atomic E-state index is 2.40. The Balaban J connectivity index is 0.875. The summed E-state index contributed by atoms with van der Waals surface area (Å²) in [5, 5.41) is 5.16. The summed E-state index contributed by atoms with van der Waals surface area (Å²) in [6, 6.07) is 95.1. The van der Waals surface area contributed by atoms with Crippen LogP contribution in [0, 0.1) is 0 Å². The van der Waals surface area contributed by atoms with Gasteiger partial charge in [0, 0.05) is 37.1 Å². The molecule has 1 aromatic heterocycles. The van der Waals surface area contributed by atoms with Gasteiger partial charge < -0.3 is 4.90 Å². The van der Waals surface area contributed by atoms with Crippen LogP contribution in [0.25, 0.3) is 97.7 Å². The van der Waals surface area contributed by atoms with Crippen LogP contribution in [-0.4, -0.2) is 0 Å². The lowest BCUT2D eigenvalue weighted by Crippen LogP contribution is -2.11. The molecule has 0 N–H and O–H groups in total. The highest BCUT2D eigenvalue weighted by molar-refractivity contribution is 7.25. The van der Waals surface area contributed by atoms with Gasteiger partial charge in [0.2, 0.25) is 0 Å². The largest absolute Gasteiger partial charge is 0.310 e. The van der Waals surface area contributed by atoms with Crippen LogP contribution in [0.5, 0.6) is 0 Å². The van der Waals surface area contributed by atoms with Gasteiger partial charge in [-0.1, -0.05) is 206 Å². The normalized spacial score (nSPS) is 11.3. The van der Waals surface area contributed by atoms with Gasteiger partial charge in [-0.25, -0.2) is 0 Å². The van der Waals surface area contributed by atoms with Crippen molar-refractivity contribution in [2.45, 2.75) is 0 Å². The lowest BCUT2D eigenvalue weighted by atomic mass is 9.96. The summed E-state index contributed by atoms with van der Waals surface area (Å²) >= 11 is 1.86. The summed E-state index contributed by atoms with van der Waals surface area (Å²) in [5.74, 6) is 0. The fourth-order valence-corrected chi connectivity index (χ4v) is 10.6. The average molecular weight is 858 g/mol. The van der Waals surface area contributed by atoms with E-state index in [9.17, 15) is 0 Å². The van der Waals surface area contributed by atoms with Gasteiger partial charge in [0.15, 0.2) is 0 Å². The van der Waals surface area contributed by atoms with Crippen molar-refractivity contribution < 1.29 is 0 Å². The number of fused-ring (bicyclic) bond motifs is 4. The van der Waals surface area contributed by atoms with Crippen LogP contribution in [0.4, 0.5) is 17.1 Å². The summed E-state index contributed by atoms with van der Waals surface area (Å²) in [4.78, 5) is 2.40. The minimum Gasteiger partial charge on any atom is -0.310 e. The molecule has 0 bridgehead atoms. The second kappa shape index (κ2) is 17.0. The Hall–Kier alpha value is -8.30. The predicted octanol–water partition coefficient (Wildman–Crippen LogP) is 18.7. The number of hydrogen-bond acceptors (Lipinski definition) is 2. The Kier molecular flexibility index (Phi) is 10.1.